The van der Waals surface area contributed by atoms with Crippen molar-refractivity contribution in [3.63, 3.8) is 0 Å². The molecule has 0 fully saturated rings. The fraction of sp³-hybridized carbons (Fsp3) is 0.0526. The van der Waals surface area contributed by atoms with Crippen LogP contribution in [-0.2, 0) is 6.61 Å². The molecule has 0 spiro atoms. The van der Waals surface area contributed by atoms with Crippen molar-refractivity contribution in [2.75, 3.05) is 0 Å². The number of fused-ring (bicyclic) bond motifs is 1. The van der Waals surface area contributed by atoms with Crippen molar-refractivity contribution in [1.82, 2.24) is 14.4 Å². The smallest absolute Gasteiger partial charge is 0.155 e. The molecule has 0 saturated carbocycles. The van der Waals surface area contributed by atoms with Gasteiger partial charge in [0.25, 0.3) is 0 Å². The first kappa shape index (κ1) is 14.5. The summed E-state index contributed by atoms with van der Waals surface area (Å²) in [7, 11) is 0. The van der Waals surface area contributed by atoms with Crippen molar-refractivity contribution in [1.29, 1.82) is 0 Å². The molecule has 5 heteroatoms. The summed E-state index contributed by atoms with van der Waals surface area (Å²) in [5.74, 6) is -0.292. The van der Waals surface area contributed by atoms with Gasteiger partial charge in [-0.15, -0.1) is 0 Å². The molecule has 2 aromatic carbocycles. The Bertz CT molecular complexity index is 1010. The molecule has 0 unspecified atom stereocenters. The molecule has 24 heavy (non-hydrogen) atoms. The maximum absolute atomic E-state index is 13.5. The van der Waals surface area contributed by atoms with Gasteiger partial charge in [-0.05, 0) is 17.7 Å². The van der Waals surface area contributed by atoms with Crippen LogP contribution in [0.4, 0.5) is 4.39 Å². The SMILES string of the molecule is OCc1ccc(-c2cnc3cnc(-c4cccc(F)c4)cn23)cc1. The van der Waals surface area contributed by atoms with Crippen molar-refractivity contribution in [3.8, 4) is 22.5 Å². The van der Waals surface area contributed by atoms with E-state index < -0.39 is 0 Å². The van der Waals surface area contributed by atoms with E-state index in [-0.39, 0.29) is 12.4 Å². The fourth-order valence-corrected chi connectivity index (χ4v) is 2.68. The number of aliphatic hydroxyl groups is 1. The van der Waals surface area contributed by atoms with Crippen LogP contribution in [0.15, 0.2) is 67.1 Å². The molecular formula is C19H14FN3O. The Hall–Kier alpha value is -3.05. The Morgan fingerprint density at radius 1 is 0.958 bits per heavy atom. The molecule has 0 bridgehead atoms. The predicted octanol–water partition coefficient (Wildman–Crippen LogP) is 3.69. The van der Waals surface area contributed by atoms with Gasteiger partial charge in [-0.2, -0.15) is 0 Å². The number of aliphatic hydroxyl groups excluding tert-OH is 1. The van der Waals surface area contributed by atoms with Crippen LogP contribution in [0.5, 0.6) is 0 Å². The number of halogens is 1. The predicted molar refractivity (Wildman–Crippen MR) is 89.7 cm³/mol. The Balaban J connectivity index is 1.83. The number of benzene rings is 2. The van der Waals surface area contributed by atoms with Gasteiger partial charge >= 0.3 is 0 Å². The number of rotatable bonds is 3. The Morgan fingerprint density at radius 3 is 2.54 bits per heavy atom. The van der Waals surface area contributed by atoms with Crippen LogP contribution in [0.2, 0.25) is 0 Å². The molecule has 0 saturated heterocycles. The summed E-state index contributed by atoms with van der Waals surface area (Å²) >= 11 is 0. The van der Waals surface area contributed by atoms with E-state index in [2.05, 4.69) is 9.97 Å². The first-order valence-corrected chi connectivity index (χ1v) is 7.54. The van der Waals surface area contributed by atoms with Gasteiger partial charge in [-0.1, -0.05) is 36.4 Å². The van der Waals surface area contributed by atoms with E-state index in [4.69, 9.17) is 5.11 Å². The molecule has 2 aromatic heterocycles. The fourth-order valence-electron chi connectivity index (χ4n) is 2.68. The molecule has 1 N–H and O–H groups in total. The van der Waals surface area contributed by atoms with E-state index in [1.54, 1.807) is 18.5 Å². The van der Waals surface area contributed by atoms with Crippen LogP contribution in [0, 0.1) is 5.82 Å². The van der Waals surface area contributed by atoms with Crippen LogP contribution in [-0.4, -0.2) is 19.5 Å². The number of nitrogens with zero attached hydrogens (tertiary/aromatic N) is 3. The zero-order valence-corrected chi connectivity index (χ0v) is 12.7. The summed E-state index contributed by atoms with van der Waals surface area (Å²) in [5, 5.41) is 9.16. The summed E-state index contributed by atoms with van der Waals surface area (Å²) in [5.41, 5.74) is 4.86. The number of hydrogen-bond donors (Lipinski definition) is 1. The van der Waals surface area contributed by atoms with Gasteiger partial charge in [0.05, 0.1) is 30.4 Å². The minimum Gasteiger partial charge on any atom is -0.392 e. The van der Waals surface area contributed by atoms with Gasteiger partial charge in [0.15, 0.2) is 5.65 Å². The molecule has 2 heterocycles. The van der Waals surface area contributed by atoms with Crippen molar-refractivity contribution in [2.24, 2.45) is 0 Å². The highest BCUT2D eigenvalue weighted by molar-refractivity contribution is 5.66. The van der Waals surface area contributed by atoms with Crippen molar-refractivity contribution in [2.45, 2.75) is 6.61 Å². The average Bonchev–Trinajstić information content (AvgIpc) is 3.05. The van der Waals surface area contributed by atoms with Gasteiger partial charge in [0, 0.05) is 17.3 Å². The van der Waals surface area contributed by atoms with Crippen LogP contribution in [0.25, 0.3) is 28.2 Å². The lowest BCUT2D eigenvalue weighted by Gasteiger charge is -2.06. The normalized spacial score (nSPS) is 11.1. The quantitative estimate of drug-likeness (QED) is 0.626. The summed E-state index contributed by atoms with van der Waals surface area (Å²) in [6.07, 6.45) is 5.30. The van der Waals surface area contributed by atoms with Crippen LogP contribution in [0.1, 0.15) is 5.56 Å². The summed E-state index contributed by atoms with van der Waals surface area (Å²) in [6, 6.07) is 14.0. The van der Waals surface area contributed by atoms with Crippen molar-refractivity contribution in [3.05, 3.63) is 78.5 Å². The summed E-state index contributed by atoms with van der Waals surface area (Å²) in [4.78, 5) is 8.74. The van der Waals surface area contributed by atoms with Crippen molar-refractivity contribution < 1.29 is 9.50 Å². The Kier molecular flexibility index (Phi) is 3.55. The highest BCUT2D eigenvalue weighted by Gasteiger charge is 2.09. The largest absolute Gasteiger partial charge is 0.392 e. The lowest BCUT2D eigenvalue weighted by molar-refractivity contribution is 0.282. The van der Waals surface area contributed by atoms with E-state index in [0.29, 0.717) is 11.3 Å². The minimum absolute atomic E-state index is 0.0150. The zero-order valence-electron chi connectivity index (χ0n) is 12.7. The van der Waals surface area contributed by atoms with Crippen LogP contribution < -0.4 is 0 Å². The molecule has 0 aliphatic carbocycles. The summed E-state index contributed by atoms with van der Waals surface area (Å²) in [6.45, 7) is 0.0150. The molecule has 0 atom stereocenters. The second-order valence-corrected chi connectivity index (χ2v) is 5.51. The molecule has 0 radical (unpaired) electrons. The third-order valence-electron chi connectivity index (χ3n) is 3.95. The first-order chi connectivity index (χ1) is 11.7. The lowest BCUT2D eigenvalue weighted by Crippen LogP contribution is -1.93. The monoisotopic (exact) mass is 319 g/mol. The highest BCUT2D eigenvalue weighted by Crippen LogP contribution is 2.24. The lowest BCUT2D eigenvalue weighted by atomic mass is 10.1. The summed E-state index contributed by atoms with van der Waals surface area (Å²) < 4.78 is 15.4. The topological polar surface area (TPSA) is 50.4 Å². The standard InChI is InChI=1S/C19H14FN3O/c20-16-3-1-2-15(8-16)17-11-23-18(9-22-19(23)10-21-17)14-6-4-13(12-24)5-7-14/h1-11,24H,12H2. The van der Waals surface area contributed by atoms with Crippen LogP contribution >= 0.6 is 0 Å². The van der Waals surface area contributed by atoms with Gasteiger partial charge in [0.1, 0.15) is 5.82 Å². The highest BCUT2D eigenvalue weighted by atomic mass is 19.1. The molecule has 0 amide bonds. The third-order valence-corrected chi connectivity index (χ3v) is 3.95. The maximum Gasteiger partial charge on any atom is 0.155 e. The molecule has 4 nitrogen and oxygen atoms in total. The number of hydrogen-bond acceptors (Lipinski definition) is 3. The second kappa shape index (κ2) is 5.86. The Morgan fingerprint density at radius 2 is 1.79 bits per heavy atom. The maximum atomic E-state index is 13.5. The average molecular weight is 319 g/mol. The van der Waals surface area contributed by atoms with E-state index in [0.717, 1.165) is 22.5 Å². The Labute approximate surface area is 137 Å². The number of aromatic nitrogens is 3. The molecule has 118 valence electrons. The molecule has 0 aliphatic rings. The van der Waals surface area contributed by atoms with Gasteiger partial charge in [-0.3, -0.25) is 9.38 Å². The number of imidazole rings is 1. The molecule has 4 rings (SSSR count). The zero-order chi connectivity index (χ0) is 16.5. The van der Waals surface area contributed by atoms with Gasteiger partial charge in [-0.25, -0.2) is 9.37 Å². The van der Waals surface area contributed by atoms with Gasteiger partial charge < -0.3 is 5.11 Å². The second-order valence-electron chi connectivity index (χ2n) is 5.51. The van der Waals surface area contributed by atoms with Gasteiger partial charge in [0.2, 0.25) is 0 Å². The van der Waals surface area contributed by atoms with E-state index >= 15 is 0 Å². The van der Waals surface area contributed by atoms with E-state index in [1.807, 2.05) is 40.9 Å². The van der Waals surface area contributed by atoms with Crippen molar-refractivity contribution >= 4 is 5.65 Å². The minimum atomic E-state index is -0.292. The molecule has 0 aliphatic heterocycles. The molecular weight excluding hydrogens is 305 g/mol. The third kappa shape index (κ3) is 2.55. The first-order valence-electron chi connectivity index (χ1n) is 7.54. The molecule has 4 aromatic rings. The van der Waals surface area contributed by atoms with Crippen LogP contribution in [0.3, 0.4) is 0 Å². The van der Waals surface area contributed by atoms with E-state index in [1.165, 1.54) is 12.1 Å². The van der Waals surface area contributed by atoms with E-state index in [9.17, 15) is 4.39 Å².